The van der Waals surface area contributed by atoms with Gasteiger partial charge >= 0.3 is 20.1 Å². The molecule has 16 heteroatoms. The van der Waals surface area contributed by atoms with Crippen molar-refractivity contribution in [3.63, 3.8) is 0 Å². The fraction of sp³-hybridized carbons (Fsp3) is 0.0333. The van der Waals surface area contributed by atoms with Gasteiger partial charge in [-0.2, -0.15) is 0 Å². The average molecular weight is 2110 g/mol. The molecular formula is C120H71Ir2N10O4-4. The van der Waals surface area contributed by atoms with Gasteiger partial charge in [-0.1, -0.05) is 231 Å². The molecule has 14 nitrogen and oxygen atoms in total. The SMILES string of the molecule is [2H]C([2H])([2H])c1ccc2c(n1)oc1c(-c3ccc(-c4ccccc4-c4cc(-c5ccc[c-]c5-c5cnc(-c6[c-]ccc[c-]6)nc5)cc(-c5ccccc5-c5ccc(-c6[c-]ccc7c6oc6nc(C([2H])([2H])[2H])ccc67)nc5)c4)cn3)[c-]ccc12.[2H]C([2H])([2H])c1ccc2c(n1)oc1c(-c3ccc(-c4ccccc4-c4cccc(-c5ccccc5-c5ccc(-c6[c-]ccc7c6oc6nc(C([2H])([2H])[2H])ccc67)nc5)c4)cn3)[c-]ccc12.[Ir+3].[Ir]. The Morgan fingerprint density at radius 3 is 0.816 bits per heavy atom. The second-order valence-electron chi connectivity index (χ2n) is 32.2. The molecule has 0 amide bonds. The van der Waals surface area contributed by atoms with E-state index in [1.54, 1.807) is 24.3 Å². The van der Waals surface area contributed by atoms with Crippen LogP contribution in [-0.4, -0.2) is 49.8 Å². The third-order valence-corrected chi connectivity index (χ3v) is 24.2. The molecule has 0 saturated heterocycles. The van der Waals surface area contributed by atoms with Gasteiger partial charge in [0.05, 0.1) is 22.3 Å². The van der Waals surface area contributed by atoms with Gasteiger partial charge in [0.2, 0.25) is 22.9 Å². The summed E-state index contributed by atoms with van der Waals surface area (Å²) in [4.78, 5) is 46.5. The number of furan rings is 4. The fourth-order valence-corrected chi connectivity index (χ4v) is 17.9. The number of fused-ring (bicyclic) bond motifs is 12. The number of benzene rings is 12. The van der Waals surface area contributed by atoms with Gasteiger partial charge in [0.15, 0.2) is 0 Å². The summed E-state index contributed by atoms with van der Waals surface area (Å²) in [6.45, 7) is -9.45. The van der Waals surface area contributed by atoms with Crippen LogP contribution >= 0.6 is 0 Å². The second kappa shape index (κ2) is 35.8. The molecule has 1 radical (unpaired) electrons. The summed E-state index contributed by atoms with van der Waals surface area (Å²) in [6.07, 6.45) is 11.0. The molecule has 0 bridgehead atoms. The van der Waals surface area contributed by atoms with E-state index in [9.17, 15) is 0 Å². The van der Waals surface area contributed by atoms with Crippen molar-refractivity contribution in [1.29, 1.82) is 0 Å². The Bertz CT molecular complexity index is 8980. The van der Waals surface area contributed by atoms with Crippen LogP contribution in [0.15, 0.2) is 376 Å². The Labute approximate surface area is 825 Å². The van der Waals surface area contributed by atoms with E-state index >= 15 is 0 Å². The summed E-state index contributed by atoms with van der Waals surface area (Å²) < 4.78 is 119. The average Bonchev–Trinajstić information content (AvgIpc) is 1.72. The second-order valence-corrected chi connectivity index (χ2v) is 32.2. The summed E-state index contributed by atoms with van der Waals surface area (Å²) in [6, 6.07) is 126. The number of aromatic nitrogens is 10. The molecule has 136 heavy (non-hydrogen) atoms. The Balaban J connectivity index is 0.000000170. The maximum Gasteiger partial charge on any atom is 3.00 e. The number of pyridine rings is 8. The topological polar surface area (TPSA) is 181 Å². The van der Waals surface area contributed by atoms with Gasteiger partial charge in [-0.3, -0.25) is 17.7 Å². The van der Waals surface area contributed by atoms with E-state index in [-0.39, 0.29) is 85.8 Å². The third-order valence-electron chi connectivity index (χ3n) is 24.2. The van der Waals surface area contributed by atoms with Crippen LogP contribution in [0.5, 0.6) is 0 Å². The summed E-state index contributed by atoms with van der Waals surface area (Å²) in [5, 5.41) is 6.05. The fourth-order valence-electron chi connectivity index (χ4n) is 17.9. The minimum Gasteiger partial charge on any atom is -0.486 e. The molecule has 0 N–H and O–H groups in total. The van der Waals surface area contributed by atoms with Gasteiger partial charge in [-0.05, 0) is 218 Å². The van der Waals surface area contributed by atoms with Crippen LogP contribution in [-0.2, 0) is 40.2 Å². The zero-order chi connectivity index (χ0) is 99.4. The maximum absolute atomic E-state index is 7.89. The van der Waals surface area contributed by atoms with Crippen molar-refractivity contribution in [3.05, 3.63) is 424 Å². The number of hydrogen-bond donors (Lipinski definition) is 0. The molecule has 0 fully saturated rings. The molecule has 0 saturated carbocycles. The van der Waals surface area contributed by atoms with Crippen molar-refractivity contribution in [2.75, 3.05) is 0 Å². The van der Waals surface area contributed by atoms with Gasteiger partial charge in [0, 0.05) is 106 Å². The minimum atomic E-state index is -2.38. The first kappa shape index (κ1) is 72.1. The van der Waals surface area contributed by atoms with E-state index in [0.29, 0.717) is 89.5 Å². The van der Waals surface area contributed by atoms with Gasteiger partial charge < -0.3 is 47.6 Å². The van der Waals surface area contributed by atoms with Crippen LogP contribution in [0.25, 0.3) is 256 Å². The van der Waals surface area contributed by atoms with E-state index in [4.69, 9.17) is 64.0 Å². The van der Waals surface area contributed by atoms with E-state index in [1.807, 2.05) is 213 Å². The monoisotopic (exact) mass is 2110 g/mol. The van der Waals surface area contributed by atoms with Crippen molar-refractivity contribution < 1.29 is 74.3 Å². The van der Waals surface area contributed by atoms with Gasteiger partial charge in [-0.15, -0.1) is 108 Å². The van der Waals surface area contributed by atoms with E-state index < -0.39 is 27.4 Å². The van der Waals surface area contributed by atoms with Crippen molar-refractivity contribution in [2.45, 2.75) is 27.4 Å². The molecule has 12 aromatic carbocycles. The summed E-state index contributed by atoms with van der Waals surface area (Å²) in [7, 11) is 0. The maximum atomic E-state index is 7.89. The molecule has 0 aliphatic heterocycles. The summed E-state index contributed by atoms with van der Waals surface area (Å²) in [5.41, 5.74) is 27.9. The summed E-state index contributed by atoms with van der Waals surface area (Å²) >= 11 is 0. The van der Waals surface area contributed by atoms with E-state index in [2.05, 4.69) is 159 Å². The Morgan fingerprint density at radius 2 is 0.500 bits per heavy atom. The summed E-state index contributed by atoms with van der Waals surface area (Å²) in [5.74, 6) is 0.520. The molecule has 0 aliphatic carbocycles. The number of aryl methyl sites for hydroxylation is 4. The number of nitrogens with zero attached hydrogens (tertiary/aromatic N) is 10. The molecule has 0 spiro atoms. The van der Waals surface area contributed by atoms with Crippen molar-refractivity contribution >= 4 is 88.3 Å². The smallest absolute Gasteiger partial charge is 0.486 e. The van der Waals surface area contributed by atoms with E-state index in [1.165, 1.54) is 24.3 Å². The van der Waals surface area contributed by atoms with Crippen LogP contribution in [0, 0.1) is 69.9 Å². The zero-order valence-corrected chi connectivity index (χ0v) is 76.1. The Morgan fingerprint density at radius 1 is 0.221 bits per heavy atom. The molecule has 13 heterocycles. The first-order valence-corrected chi connectivity index (χ1v) is 43.1. The van der Waals surface area contributed by atoms with Gasteiger partial charge in [0.1, 0.15) is 0 Å². The standard InChI is InChI=1S/C68H39N6O2.C52H32N4O2.2Ir/c1-41-26-30-58-56-22-12-24-60(64(56)75-67(58)73-41)62-32-28-44(37-69-62)50-16-6-8-18-52(50)46-34-47(36-48(35-46)54-20-10-11-21-55(54)49-39-71-66(72-40-49)43-14-4-3-5-15-43)53-19-9-7-17-51(53)45-29-33-63(70-38-45)61-25-13-23-57-59-31-27-42(2)74-68(59)76-65(57)61;1-31-20-24-43-41-16-8-18-45(49(41)57-51(43)55-31)47-26-22-35(29-53-47)39-14-5-3-12-37(39)33-10-7-11-34(28-33)38-13-4-6-15-40(38)36-23-27-48(54-30-36)46-19-9-17-42-44-25-21-32(2)56-52(44)58-50(42)46;;/h3-13,16-20,22-23,26-40H,1-2H3;3-17,20-30H,1-2H3;;/q-5;-2;;+3/i2*1D3,2D3;;. The van der Waals surface area contributed by atoms with Crippen molar-refractivity contribution in [3.8, 4) is 168 Å². The Hall–Kier alpha value is -16.6. The van der Waals surface area contributed by atoms with Crippen LogP contribution in [0.1, 0.15) is 39.2 Å². The normalized spacial score (nSPS) is 13.1. The predicted molar refractivity (Wildman–Crippen MR) is 532 cm³/mol. The zero-order valence-electron chi connectivity index (χ0n) is 83.3. The molecule has 25 rings (SSSR count). The molecule has 25 aromatic rings. The number of rotatable bonds is 15. The largest absolute Gasteiger partial charge is 3.00 e. The molecule has 0 unspecified atom stereocenters. The van der Waals surface area contributed by atoms with Gasteiger partial charge in [0.25, 0.3) is 0 Å². The quantitative estimate of drug-likeness (QED) is 0.0884. The van der Waals surface area contributed by atoms with Crippen LogP contribution in [0.2, 0.25) is 0 Å². The molecule has 0 aliphatic rings. The van der Waals surface area contributed by atoms with Crippen molar-refractivity contribution in [2.24, 2.45) is 0 Å². The molecule has 0 atom stereocenters. The van der Waals surface area contributed by atoms with Crippen LogP contribution < -0.4 is 0 Å². The third kappa shape index (κ3) is 15.7. The molecule has 647 valence electrons. The van der Waals surface area contributed by atoms with Crippen LogP contribution in [0.3, 0.4) is 0 Å². The van der Waals surface area contributed by atoms with E-state index in [0.717, 1.165) is 144 Å². The Kier molecular flexibility index (Phi) is 19.0. The predicted octanol–water partition coefficient (Wildman–Crippen LogP) is 29.8. The van der Waals surface area contributed by atoms with Gasteiger partial charge in [-0.25, -0.2) is 38.1 Å². The first-order chi connectivity index (χ1) is 70.9. The number of hydrogen-bond acceptors (Lipinski definition) is 14. The minimum absolute atomic E-state index is 0. The van der Waals surface area contributed by atoms with Crippen LogP contribution in [0.4, 0.5) is 0 Å². The van der Waals surface area contributed by atoms with Crippen molar-refractivity contribution in [1.82, 2.24) is 49.8 Å². The first-order valence-electron chi connectivity index (χ1n) is 49.1. The molecular weight excluding hydrogens is 2030 g/mol. The molecule has 13 aromatic heterocycles.